The Morgan fingerprint density at radius 2 is 1.45 bits per heavy atom. The molecule has 2 fully saturated rings. The number of H-pyrrole nitrogens is 1. The third-order valence-corrected chi connectivity index (χ3v) is 10.7. The van der Waals surface area contributed by atoms with E-state index in [0.29, 0.717) is 24.4 Å². The number of ketones is 1. The van der Waals surface area contributed by atoms with E-state index in [2.05, 4.69) is 22.5 Å². The number of ether oxygens (including phenoxy) is 2. The molecule has 9 heteroatoms. The topological polar surface area (TPSA) is 130 Å². The second-order valence-electron chi connectivity index (χ2n) is 16.0. The van der Waals surface area contributed by atoms with Gasteiger partial charge in [0.1, 0.15) is 6.10 Å². The smallest absolute Gasteiger partial charge is 0.315 e. The van der Waals surface area contributed by atoms with Crippen molar-refractivity contribution in [2.45, 2.75) is 187 Å². The van der Waals surface area contributed by atoms with Crippen LogP contribution in [0.1, 0.15) is 185 Å². The minimum Gasteiger partial charge on any atom is -0.481 e. The molecule has 1 aliphatic carbocycles. The predicted molar refractivity (Wildman–Crippen MR) is 196 cm³/mol. The van der Waals surface area contributed by atoms with Crippen LogP contribution in [0, 0.1) is 11.3 Å². The number of carboxylic acids is 1. The van der Waals surface area contributed by atoms with Crippen LogP contribution in [0.2, 0.25) is 0 Å². The Hall–Kier alpha value is -2.39. The van der Waals surface area contributed by atoms with Crippen molar-refractivity contribution in [1.29, 1.82) is 0 Å². The zero-order valence-corrected chi connectivity index (χ0v) is 31.5. The second-order valence-corrected chi connectivity index (χ2v) is 16.0. The van der Waals surface area contributed by atoms with Crippen LogP contribution >= 0.6 is 0 Å². The molecule has 9 nitrogen and oxygen atoms in total. The molecule has 4 unspecified atom stereocenters. The Morgan fingerprint density at radius 1 is 0.878 bits per heavy atom. The van der Waals surface area contributed by atoms with E-state index in [9.17, 15) is 19.5 Å². The first-order valence-electron chi connectivity index (χ1n) is 19.7. The van der Waals surface area contributed by atoms with Crippen molar-refractivity contribution in [1.82, 2.24) is 15.6 Å². The first-order chi connectivity index (χ1) is 23.4. The van der Waals surface area contributed by atoms with Gasteiger partial charge in [0.15, 0.2) is 11.6 Å². The van der Waals surface area contributed by atoms with Gasteiger partial charge >= 0.3 is 12.0 Å². The molecule has 0 bridgehead atoms. The molecule has 1 aromatic heterocycles. The zero-order valence-electron chi connectivity index (χ0n) is 31.5. The van der Waals surface area contributed by atoms with Crippen LogP contribution in [0.25, 0.3) is 0 Å². The van der Waals surface area contributed by atoms with E-state index < -0.39 is 29.2 Å². The Labute approximate surface area is 296 Å². The Morgan fingerprint density at radius 3 is 2.02 bits per heavy atom. The molecule has 2 amide bonds. The van der Waals surface area contributed by atoms with Gasteiger partial charge in [-0.05, 0) is 45.1 Å². The molecule has 1 saturated carbocycles. The molecule has 1 aliphatic heterocycles. The van der Waals surface area contributed by atoms with Gasteiger partial charge < -0.3 is 30.2 Å². The molecule has 1 saturated heterocycles. The highest BCUT2D eigenvalue weighted by Gasteiger charge is 2.47. The summed E-state index contributed by atoms with van der Waals surface area (Å²) in [5, 5.41) is 16.1. The average Bonchev–Trinajstić information content (AvgIpc) is 3.72. The third kappa shape index (κ3) is 14.0. The van der Waals surface area contributed by atoms with Crippen molar-refractivity contribution in [3.05, 3.63) is 23.5 Å². The van der Waals surface area contributed by atoms with Gasteiger partial charge in [-0.3, -0.25) is 9.59 Å². The lowest BCUT2D eigenvalue weighted by molar-refractivity contribution is -0.298. The average molecular weight is 688 g/mol. The maximum absolute atomic E-state index is 14.0. The van der Waals surface area contributed by atoms with Crippen LogP contribution < -0.4 is 10.6 Å². The number of carbonyl (C=O) groups excluding carboxylic acids is 2. The molecule has 0 radical (unpaired) electrons. The molecule has 0 spiro atoms. The highest BCUT2D eigenvalue weighted by atomic mass is 16.7. The fourth-order valence-corrected chi connectivity index (χ4v) is 7.77. The number of amides is 2. The number of hydrogen-bond donors (Lipinski definition) is 4. The minimum atomic E-state index is -0.930. The Bertz CT molecular complexity index is 1130. The van der Waals surface area contributed by atoms with Crippen molar-refractivity contribution >= 4 is 17.8 Å². The highest BCUT2D eigenvalue weighted by Crippen LogP contribution is 2.42. The molecule has 0 aromatic carbocycles. The van der Waals surface area contributed by atoms with Gasteiger partial charge in [0.05, 0.1) is 13.0 Å². The van der Waals surface area contributed by atoms with Gasteiger partial charge in [-0.25, -0.2) is 4.79 Å². The second kappa shape index (κ2) is 21.1. The number of aromatic amines is 1. The van der Waals surface area contributed by atoms with Crippen LogP contribution in [0.5, 0.6) is 0 Å². The van der Waals surface area contributed by atoms with Gasteiger partial charge in [0, 0.05) is 41.4 Å². The van der Waals surface area contributed by atoms with Crippen molar-refractivity contribution in [3.63, 3.8) is 0 Å². The quantitative estimate of drug-likeness (QED) is 0.0633. The van der Waals surface area contributed by atoms with Crippen molar-refractivity contribution < 1.29 is 29.0 Å². The zero-order chi connectivity index (χ0) is 35.7. The number of aromatic nitrogens is 1. The summed E-state index contributed by atoms with van der Waals surface area (Å²) in [5.41, 5.74) is 0.523. The van der Waals surface area contributed by atoms with Crippen molar-refractivity contribution in [2.75, 3.05) is 13.2 Å². The molecule has 2 heterocycles. The molecule has 4 N–H and O–H groups in total. The van der Waals surface area contributed by atoms with Gasteiger partial charge in [-0.2, -0.15) is 0 Å². The normalized spacial score (nSPS) is 22.1. The molecule has 3 rings (SSSR count). The van der Waals surface area contributed by atoms with Crippen LogP contribution in [-0.2, 0) is 14.3 Å². The van der Waals surface area contributed by atoms with Gasteiger partial charge in [-0.1, -0.05) is 124 Å². The number of carboxylic acid groups (broad SMARTS) is 1. The van der Waals surface area contributed by atoms with Gasteiger partial charge in [0.2, 0.25) is 0 Å². The monoisotopic (exact) mass is 688 g/mol. The molecule has 49 heavy (non-hydrogen) atoms. The third-order valence-electron chi connectivity index (χ3n) is 10.7. The van der Waals surface area contributed by atoms with Crippen LogP contribution in [0.15, 0.2) is 12.3 Å². The Balaban J connectivity index is 1.39. The summed E-state index contributed by atoms with van der Waals surface area (Å²) in [7, 11) is 0. The number of Topliss-reactive ketones (excluding diaryl/α,β-unsaturated/α-hetero) is 1. The molecule has 280 valence electrons. The molecular formula is C40H69N3O6. The van der Waals surface area contributed by atoms with Gasteiger partial charge in [-0.15, -0.1) is 0 Å². The van der Waals surface area contributed by atoms with E-state index in [1.54, 1.807) is 26.1 Å². The van der Waals surface area contributed by atoms with E-state index in [1.807, 2.05) is 13.8 Å². The first kappa shape index (κ1) is 41.0. The van der Waals surface area contributed by atoms with E-state index in [-0.39, 0.29) is 30.2 Å². The lowest BCUT2D eigenvalue weighted by atomic mass is 9.78. The first-order valence-corrected chi connectivity index (χ1v) is 19.7. The summed E-state index contributed by atoms with van der Waals surface area (Å²) < 4.78 is 12.0. The number of nitrogens with one attached hydrogen (secondary N) is 3. The fourth-order valence-electron chi connectivity index (χ4n) is 7.77. The van der Waals surface area contributed by atoms with Crippen LogP contribution in [0.3, 0.4) is 0 Å². The lowest BCUT2D eigenvalue weighted by Crippen LogP contribution is -2.53. The number of aliphatic carboxylic acids is 1. The van der Waals surface area contributed by atoms with Crippen LogP contribution in [0.4, 0.5) is 4.79 Å². The minimum absolute atomic E-state index is 0.109. The van der Waals surface area contributed by atoms with Crippen LogP contribution in [-0.4, -0.2) is 59.0 Å². The molecular weight excluding hydrogens is 618 g/mol. The summed E-state index contributed by atoms with van der Waals surface area (Å²) in [6, 6.07) is 1.36. The maximum atomic E-state index is 14.0. The molecule has 2 aliphatic rings. The number of rotatable bonds is 24. The van der Waals surface area contributed by atoms with E-state index in [0.717, 1.165) is 32.1 Å². The molecule has 4 atom stereocenters. The maximum Gasteiger partial charge on any atom is 0.315 e. The Kier molecular flexibility index (Phi) is 17.7. The number of urea groups is 1. The highest BCUT2D eigenvalue weighted by molar-refractivity contribution is 6.01. The number of hydrogen-bond acceptors (Lipinski definition) is 5. The van der Waals surface area contributed by atoms with E-state index in [4.69, 9.17) is 9.47 Å². The van der Waals surface area contributed by atoms with Gasteiger partial charge in [0.25, 0.3) is 0 Å². The summed E-state index contributed by atoms with van der Waals surface area (Å²) in [6.45, 7) is 10.8. The van der Waals surface area contributed by atoms with E-state index >= 15 is 0 Å². The van der Waals surface area contributed by atoms with Crippen molar-refractivity contribution in [3.8, 4) is 0 Å². The van der Waals surface area contributed by atoms with E-state index in [1.165, 1.54) is 89.9 Å². The summed E-state index contributed by atoms with van der Waals surface area (Å²) >= 11 is 0. The fraction of sp³-hybridized carbons (Fsp3) is 0.825. The van der Waals surface area contributed by atoms with Crippen molar-refractivity contribution in [2.24, 2.45) is 11.3 Å². The standard InChI is InChI=1S/C40H69N3O6/c1-6-7-8-9-10-11-12-13-14-15-16-17-18-19-20-21-26-42-38(47)43-33-24-22-23-30(33)32(28-34(44)45)35-31(25-27-41-35)36(46)37-39(2,3)29-48-40(4,5)49-37/h25,27,30,32-33,37,41H,6-24,26,28-29H2,1-5H3,(H,44,45)(H2,42,43,47). The number of unbranched alkanes of at least 4 members (excludes halogenated alkanes) is 15. The molecule has 1 aromatic rings. The summed E-state index contributed by atoms with van der Waals surface area (Å²) in [6.07, 6.45) is 24.3. The summed E-state index contributed by atoms with van der Waals surface area (Å²) in [4.78, 5) is 42.2. The number of carbonyl (C=O) groups is 3. The predicted octanol–water partition coefficient (Wildman–Crippen LogP) is 9.66. The largest absolute Gasteiger partial charge is 0.481 e. The SMILES string of the molecule is CCCCCCCCCCCCCCCCCCNC(=O)NC1CCCC1C(CC(=O)O)c1[nH]ccc1C(=O)C1OC(C)(C)OCC1(C)C. The lowest BCUT2D eigenvalue weighted by Gasteiger charge is -2.45. The summed E-state index contributed by atoms with van der Waals surface area (Å²) in [5.74, 6) is -2.56.